The van der Waals surface area contributed by atoms with E-state index in [1.807, 2.05) is 13.8 Å². The molecule has 1 fully saturated rings. The van der Waals surface area contributed by atoms with Gasteiger partial charge in [-0.25, -0.2) is 4.98 Å². The maximum Gasteiger partial charge on any atom is 0.325 e. The van der Waals surface area contributed by atoms with Crippen molar-refractivity contribution in [2.45, 2.75) is 90.8 Å². The minimum atomic E-state index is -4.51. The van der Waals surface area contributed by atoms with Crippen molar-refractivity contribution in [3.05, 3.63) is 18.2 Å². The number of aromatic amines is 1. The first-order valence-corrected chi connectivity index (χ1v) is 25.5. The Balaban J connectivity index is 1.77. The fraction of sp³-hybridized carbons (Fsp3) is 0.800. The molecule has 0 aliphatic carbocycles. The highest BCUT2D eigenvalue weighted by atomic mass is 31.2. The van der Waals surface area contributed by atoms with Crippen molar-refractivity contribution in [2.24, 2.45) is 29.4 Å². The summed E-state index contributed by atoms with van der Waals surface area (Å²) >= 11 is 0. The van der Waals surface area contributed by atoms with Crippen LogP contribution in [-0.2, 0) is 77.6 Å². The molecule has 7 N–H and O–H groups in total. The summed E-state index contributed by atoms with van der Waals surface area (Å²) in [4.78, 5) is 107. The zero-order chi connectivity index (χ0) is 51.0. The van der Waals surface area contributed by atoms with E-state index in [0.29, 0.717) is 111 Å². The Kier molecular flexibility index (Phi) is 31.5. The Hall–Kier alpha value is -3.74. The first-order valence-electron chi connectivity index (χ1n) is 23.7. The molecule has 0 aromatic carbocycles. The number of nitrogens with zero attached hydrogens (tertiary/aromatic N) is 2. The first kappa shape index (κ1) is 61.4. The van der Waals surface area contributed by atoms with Gasteiger partial charge < -0.3 is 73.9 Å². The number of ketones is 2. The fourth-order valence-corrected chi connectivity index (χ4v) is 8.41. The van der Waals surface area contributed by atoms with Crippen LogP contribution >= 0.6 is 7.60 Å². The summed E-state index contributed by atoms with van der Waals surface area (Å²) in [5, 5.41) is 5.48. The van der Waals surface area contributed by atoms with Crippen LogP contribution in [0.15, 0.2) is 12.5 Å². The molecule has 1 unspecified atom stereocenters. The Bertz CT molecular complexity index is 1690. The summed E-state index contributed by atoms with van der Waals surface area (Å²) in [6, 6.07) is -2.91. The Morgan fingerprint density at radius 2 is 1.30 bits per heavy atom. The van der Waals surface area contributed by atoms with Gasteiger partial charge in [-0.15, -0.1) is 0 Å². The molecular formula is C45H79N6O17P. The third-order valence-electron chi connectivity index (χ3n) is 11.1. The Morgan fingerprint density at radius 1 is 0.783 bits per heavy atom. The summed E-state index contributed by atoms with van der Waals surface area (Å²) in [6.07, 6.45) is 2.84. The third-order valence-corrected chi connectivity index (χ3v) is 12.1. The molecule has 0 saturated carbocycles. The van der Waals surface area contributed by atoms with Crippen molar-refractivity contribution in [1.82, 2.24) is 25.5 Å². The molecule has 1 aliphatic rings. The number of H-pyrrole nitrogens is 1. The van der Waals surface area contributed by atoms with E-state index >= 15 is 0 Å². The molecule has 69 heavy (non-hydrogen) atoms. The molecule has 0 bridgehead atoms. The number of aromatic nitrogens is 2. The van der Waals surface area contributed by atoms with E-state index in [9.17, 15) is 43.1 Å². The molecule has 23 nitrogen and oxygen atoms in total. The number of carbonyl (C=O) groups is 6. The summed E-state index contributed by atoms with van der Waals surface area (Å²) in [5.41, 5.74) is 6.02. The minimum absolute atomic E-state index is 0.0330. The van der Waals surface area contributed by atoms with Gasteiger partial charge in [-0.2, -0.15) is 0 Å². The lowest BCUT2D eigenvalue weighted by molar-refractivity contribution is -0.140. The van der Waals surface area contributed by atoms with E-state index < -0.39 is 85.3 Å². The summed E-state index contributed by atoms with van der Waals surface area (Å²) in [5.74, 6) is -6.45. The molecule has 396 valence electrons. The highest BCUT2D eigenvalue weighted by molar-refractivity contribution is 7.51. The first-order chi connectivity index (χ1) is 32.9. The molecule has 4 amide bonds. The minimum Gasteiger partial charge on any atom is -0.382 e. The standard InChI is InChI=1S/C45H79N6O17P/c1-32(2)25-38(41(53)27-35(26-36-29-47-31-48-36)44(56)49-34(4)40(52)28-37(43(46)55)33(3)30-69(58,59)60)50-45(57)39-7-6-9-51(39)42(54)8-10-62-13-14-64-17-18-66-21-22-68-24-23-67-20-19-65-16-15-63-12-11-61-5/h29,31-35,37-39H,6-28,30H2,1-5H3,(H2,46,55)(H,47,48)(H,49,56)(H,50,57)(H2,58,59,60)/t33-,34-,35+,37-,38-,39?/m0/s1. The van der Waals surface area contributed by atoms with Gasteiger partial charge in [-0.05, 0) is 38.0 Å². The molecule has 1 aliphatic heterocycles. The summed E-state index contributed by atoms with van der Waals surface area (Å²) < 4.78 is 54.8. The van der Waals surface area contributed by atoms with E-state index in [0.717, 1.165) is 0 Å². The second-order valence-corrected chi connectivity index (χ2v) is 19.0. The normalized spacial score (nSPS) is 16.2. The number of nitrogens with two attached hydrogens (primary N) is 1. The fourth-order valence-electron chi connectivity index (χ4n) is 7.41. The number of hydrogen-bond acceptors (Lipinski definition) is 16. The lowest BCUT2D eigenvalue weighted by Gasteiger charge is -2.28. The van der Waals surface area contributed by atoms with E-state index in [1.54, 1.807) is 7.11 Å². The predicted octanol–water partition coefficient (Wildman–Crippen LogP) is 0.581. The zero-order valence-electron chi connectivity index (χ0n) is 41.1. The maximum atomic E-state index is 14.0. The maximum absolute atomic E-state index is 14.0. The molecule has 2 rings (SSSR count). The van der Waals surface area contributed by atoms with E-state index in [4.69, 9.17) is 43.6 Å². The monoisotopic (exact) mass is 1010 g/mol. The van der Waals surface area contributed by atoms with Gasteiger partial charge in [0, 0.05) is 50.7 Å². The molecule has 0 spiro atoms. The lowest BCUT2D eigenvalue weighted by atomic mass is 9.88. The van der Waals surface area contributed by atoms with Gasteiger partial charge in [0.1, 0.15) is 6.04 Å². The van der Waals surface area contributed by atoms with Crippen LogP contribution in [0.4, 0.5) is 0 Å². The van der Waals surface area contributed by atoms with Gasteiger partial charge in [-0.1, -0.05) is 20.8 Å². The van der Waals surface area contributed by atoms with Crippen molar-refractivity contribution in [3.8, 4) is 0 Å². The molecule has 1 aromatic heterocycles. The van der Waals surface area contributed by atoms with E-state index in [1.165, 1.54) is 31.3 Å². The molecular weight excluding hydrogens is 927 g/mol. The van der Waals surface area contributed by atoms with Crippen LogP contribution in [-0.4, -0.2) is 197 Å². The third kappa shape index (κ3) is 27.4. The molecule has 1 aromatic rings. The highest BCUT2D eigenvalue weighted by Crippen LogP contribution is 2.39. The van der Waals surface area contributed by atoms with Crippen molar-refractivity contribution in [1.29, 1.82) is 0 Å². The van der Waals surface area contributed by atoms with Gasteiger partial charge in [0.25, 0.3) is 0 Å². The van der Waals surface area contributed by atoms with Gasteiger partial charge in [0.2, 0.25) is 23.6 Å². The average Bonchev–Trinajstić information content (AvgIpc) is 4.00. The van der Waals surface area contributed by atoms with Crippen molar-refractivity contribution < 1.29 is 81.0 Å². The quantitative estimate of drug-likeness (QED) is 0.0385. The summed E-state index contributed by atoms with van der Waals surface area (Å²) in [6.45, 7) is 13.2. The Labute approximate surface area is 405 Å². The smallest absolute Gasteiger partial charge is 0.325 e. The number of methoxy groups -OCH3 is 1. The van der Waals surface area contributed by atoms with Crippen LogP contribution in [0.2, 0.25) is 0 Å². The number of rotatable bonds is 42. The van der Waals surface area contributed by atoms with Crippen LogP contribution in [0, 0.1) is 23.7 Å². The van der Waals surface area contributed by atoms with Crippen molar-refractivity contribution >= 4 is 42.8 Å². The molecule has 24 heteroatoms. The van der Waals surface area contributed by atoms with Crippen LogP contribution < -0.4 is 16.4 Å². The van der Waals surface area contributed by atoms with E-state index in [-0.39, 0.29) is 50.7 Å². The number of hydrogen-bond donors (Lipinski definition) is 6. The van der Waals surface area contributed by atoms with E-state index in [2.05, 4.69) is 20.6 Å². The second kappa shape index (κ2) is 35.4. The lowest BCUT2D eigenvalue weighted by Crippen LogP contribution is -2.52. The van der Waals surface area contributed by atoms with Gasteiger partial charge in [-0.3, -0.25) is 33.3 Å². The number of carbonyl (C=O) groups excluding carboxylic acids is 6. The topological polar surface area (TPSA) is 316 Å². The number of amides is 4. The zero-order valence-corrected chi connectivity index (χ0v) is 42.0. The van der Waals surface area contributed by atoms with Crippen LogP contribution in [0.5, 0.6) is 0 Å². The van der Waals surface area contributed by atoms with Crippen molar-refractivity contribution in [3.63, 3.8) is 0 Å². The Morgan fingerprint density at radius 3 is 1.77 bits per heavy atom. The number of Topliss-reactive ketones (excluding diaryl/α,β-unsaturated/α-hetero) is 2. The summed E-state index contributed by atoms with van der Waals surface area (Å²) in [7, 11) is -2.89. The number of likely N-dealkylation sites (tertiary alicyclic amines) is 1. The van der Waals surface area contributed by atoms with Gasteiger partial charge in [0.15, 0.2) is 11.6 Å². The molecule has 0 radical (unpaired) electrons. The number of nitrogens with one attached hydrogen (secondary N) is 3. The van der Waals surface area contributed by atoms with Crippen LogP contribution in [0.25, 0.3) is 0 Å². The largest absolute Gasteiger partial charge is 0.382 e. The second-order valence-electron chi connectivity index (χ2n) is 17.3. The number of primary amides is 1. The van der Waals surface area contributed by atoms with Crippen LogP contribution in [0.1, 0.15) is 71.9 Å². The number of imidazole rings is 1. The molecule has 6 atom stereocenters. The van der Waals surface area contributed by atoms with Crippen molar-refractivity contribution in [2.75, 3.05) is 119 Å². The highest BCUT2D eigenvalue weighted by Gasteiger charge is 2.37. The van der Waals surface area contributed by atoms with Crippen LogP contribution in [0.3, 0.4) is 0 Å². The van der Waals surface area contributed by atoms with Gasteiger partial charge >= 0.3 is 7.60 Å². The molecule has 1 saturated heterocycles. The predicted molar refractivity (Wildman–Crippen MR) is 250 cm³/mol. The number of ether oxygens (including phenoxy) is 8. The average molecular weight is 1010 g/mol. The molecule has 2 heterocycles. The van der Waals surface area contributed by atoms with Gasteiger partial charge in [0.05, 0.1) is 136 Å². The SMILES string of the molecule is COCCOCCOCCOCCOCCOCCOCCOCCC(=O)N1CCCC1C(=O)N[C@@H](CC(C)C)C(=O)C[C@@H](Cc1cnc[nH]1)C(=O)N[C@@H](C)C(=O)C[C@H](C(N)=O)[C@@H](C)CP(=O)(O)O.